The number of aromatic nitrogens is 1. The van der Waals surface area contributed by atoms with Crippen molar-refractivity contribution in [1.29, 1.82) is 0 Å². The number of fused-ring (bicyclic) bond motifs is 1. The number of nitrogens with one attached hydrogen (secondary N) is 1. The summed E-state index contributed by atoms with van der Waals surface area (Å²) in [5.74, 6) is 0.731. The van der Waals surface area contributed by atoms with E-state index in [2.05, 4.69) is 10.3 Å². The van der Waals surface area contributed by atoms with Crippen LogP contribution in [0.1, 0.15) is 34.6 Å². The Morgan fingerprint density at radius 3 is 2.64 bits per heavy atom. The van der Waals surface area contributed by atoms with Gasteiger partial charge in [-0.25, -0.2) is 0 Å². The molecule has 2 heterocycles. The molecule has 5 heteroatoms. The van der Waals surface area contributed by atoms with Crippen molar-refractivity contribution in [3.05, 3.63) is 96.0 Å². The lowest BCUT2D eigenvalue weighted by molar-refractivity contribution is 0.0910. The summed E-state index contributed by atoms with van der Waals surface area (Å²) in [6.45, 7) is 2.16. The highest BCUT2D eigenvalue weighted by molar-refractivity contribution is 5.99. The van der Waals surface area contributed by atoms with Crippen LogP contribution < -0.4 is 10.1 Å². The molecule has 0 saturated carbocycles. The third kappa shape index (κ3) is 3.74. The largest absolute Gasteiger partial charge is 0.489 e. The maximum absolute atomic E-state index is 12.9. The standard InChI is InChI=1S/C23H20N2O3/c1-16(17-8-7-13-24-14-17)25-23(26)22-20(15-27-18-9-3-2-4-10-18)19-11-5-6-12-21(19)28-22/h2-14,16H,15H2,1H3,(H,25,26). The summed E-state index contributed by atoms with van der Waals surface area (Å²) in [6.07, 6.45) is 3.44. The Morgan fingerprint density at radius 1 is 1.07 bits per heavy atom. The summed E-state index contributed by atoms with van der Waals surface area (Å²) >= 11 is 0. The molecule has 2 aromatic heterocycles. The topological polar surface area (TPSA) is 64.4 Å². The normalized spacial score (nSPS) is 11.9. The van der Waals surface area contributed by atoms with Gasteiger partial charge in [-0.3, -0.25) is 9.78 Å². The van der Waals surface area contributed by atoms with E-state index in [1.807, 2.05) is 73.7 Å². The summed E-state index contributed by atoms with van der Waals surface area (Å²) in [5.41, 5.74) is 2.32. The van der Waals surface area contributed by atoms with E-state index in [1.54, 1.807) is 12.4 Å². The van der Waals surface area contributed by atoms with Crippen molar-refractivity contribution in [2.45, 2.75) is 19.6 Å². The van der Waals surface area contributed by atoms with Crippen molar-refractivity contribution in [2.75, 3.05) is 0 Å². The number of amides is 1. The van der Waals surface area contributed by atoms with Crippen molar-refractivity contribution < 1.29 is 13.9 Å². The van der Waals surface area contributed by atoms with E-state index in [0.29, 0.717) is 5.58 Å². The fourth-order valence-corrected chi connectivity index (χ4v) is 3.08. The molecule has 1 unspecified atom stereocenters. The number of benzene rings is 2. The number of hydrogen-bond donors (Lipinski definition) is 1. The van der Waals surface area contributed by atoms with Gasteiger partial charge in [0.05, 0.1) is 6.04 Å². The number of para-hydroxylation sites is 2. The molecule has 1 amide bonds. The monoisotopic (exact) mass is 372 g/mol. The Balaban J connectivity index is 1.61. The fraction of sp³-hybridized carbons (Fsp3) is 0.130. The van der Waals surface area contributed by atoms with Gasteiger partial charge in [0.2, 0.25) is 0 Å². The van der Waals surface area contributed by atoms with Gasteiger partial charge in [-0.2, -0.15) is 0 Å². The molecule has 0 bridgehead atoms. The Bertz CT molecular complexity index is 1070. The molecule has 0 aliphatic carbocycles. The maximum atomic E-state index is 12.9. The van der Waals surface area contributed by atoms with E-state index in [-0.39, 0.29) is 24.3 Å². The van der Waals surface area contributed by atoms with Crippen molar-refractivity contribution in [2.24, 2.45) is 0 Å². The Labute approximate surface area is 163 Å². The summed E-state index contributed by atoms with van der Waals surface area (Å²) in [5, 5.41) is 3.86. The molecule has 0 fully saturated rings. The number of furan rings is 1. The van der Waals surface area contributed by atoms with Crippen LogP contribution in [0.15, 0.2) is 83.5 Å². The van der Waals surface area contributed by atoms with Crippen LogP contribution in [0.2, 0.25) is 0 Å². The molecule has 0 aliphatic rings. The van der Waals surface area contributed by atoms with Gasteiger partial charge in [-0.15, -0.1) is 0 Å². The van der Waals surface area contributed by atoms with Crippen LogP contribution in [-0.2, 0) is 6.61 Å². The molecule has 0 spiro atoms. The van der Waals surface area contributed by atoms with Crippen molar-refractivity contribution in [3.63, 3.8) is 0 Å². The van der Waals surface area contributed by atoms with E-state index < -0.39 is 0 Å². The third-order valence-corrected chi connectivity index (χ3v) is 4.56. The molecule has 1 atom stereocenters. The van der Waals surface area contributed by atoms with Gasteiger partial charge < -0.3 is 14.5 Å². The van der Waals surface area contributed by atoms with Crippen LogP contribution >= 0.6 is 0 Å². The summed E-state index contributed by atoms with van der Waals surface area (Å²) in [4.78, 5) is 17.1. The van der Waals surface area contributed by atoms with Crippen molar-refractivity contribution in [1.82, 2.24) is 10.3 Å². The molecule has 28 heavy (non-hydrogen) atoms. The average molecular weight is 372 g/mol. The average Bonchev–Trinajstić information content (AvgIpc) is 3.12. The first-order valence-corrected chi connectivity index (χ1v) is 9.11. The van der Waals surface area contributed by atoms with Crippen LogP contribution in [0.3, 0.4) is 0 Å². The molecule has 140 valence electrons. The molecule has 1 N–H and O–H groups in total. The zero-order valence-electron chi connectivity index (χ0n) is 15.5. The quantitative estimate of drug-likeness (QED) is 0.523. The Morgan fingerprint density at radius 2 is 1.86 bits per heavy atom. The van der Waals surface area contributed by atoms with E-state index in [0.717, 1.165) is 22.3 Å². The summed E-state index contributed by atoms with van der Waals surface area (Å²) in [6, 6.07) is 20.7. The molecule has 0 aliphatic heterocycles. The van der Waals surface area contributed by atoms with Crippen molar-refractivity contribution >= 4 is 16.9 Å². The smallest absolute Gasteiger partial charge is 0.287 e. The SMILES string of the molecule is CC(NC(=O)c1oc2ccccc2c1COc1ccccc1)c1cccnc1. The molecular formula is C23H20N2O3. The fourth-order valence-electron chi connectivity index (χ4n) is 3.08. The second-order valence-electron chi connectivity index (χ2n) is 6.49. The van der Waals surface area contributed by atoms with Crippen molar-refractivity contribution in [3.8, 4) is 5.75 Å². The second kappa shape index (κ2) is 7.96. The molecule has 2 aromatic carbocycles. The number of carbonyl (C=O) groups is 1. The number of pyridine rings is 1. The van der Waals surface area contributed by atoms with Crippen LogP contribution in [0, 0.1) is 0 Å². The number of ether oxygens (including phenoxy) is 1. The highest BCUT2D eigenvalue weighted by Gasteiger charge is 2.22. The van der Waals surface area contributed by atoms with Crippen LogP contribution in [0.25, 0.3) is 11.0 Å². The zero-order chi connectivity index (χ0) is 19.3. The first kappa shape index (κ1) is 17.8. The molecular weight excluding hydrogens is 352 g/mol. The maximum Gasteiger partial charge on any atom is 0.287 e. The van der Waals surface area contributed by atoms with Crippen LogP contribution in [-0.4, -0.2) is 10.9 Å². The van der Waals surface area contributed by atoms with Crippen LogP contribution in [0.5, 0.6) is 5.75 Å². The van der Waals surface area contributed by atoms with Gasteiger partial charge in [-0.05, 0) is 36.8 Å². The van der Waals surface area contributed by atoms with E-state index in [4.69, 9.17) is 9.15 Å². The minimum atomic E-state index is -0.279. The Kier molecular flexibility index (Phi) is 5.06. The lowest BCUT2D eigenvalue weighted by Gasteiger charge is -2.13. The zero-order valence-corrected chi connectivity index (χ0v) is 15.5. The third-order valence-electron chi connectivity index (χ3n) is 4.56. The van der Waals surface area contributed by atoms with E-state index in [1.165, 1.54) is 0 Å². The lowest BCUT2D eigenvalue weighted by atomic mass is 10.1. The molecule has 4 aromatic rings. The minimum Gasteiger partial charge on any atom is -0.489 e. The minimum absolute atomic E-state index is 0.197. The van der Waals surface area contributed by atoms with Gasteiger partial charge in [0, 0.05) is 23.3 Å². The van der Waals surface area contributed by atoms with Gasteiger partial charge in [-0.1, -0.05) is 42.5 Å². The van der Waals surface area contributed by atoms with Gasteiger partial charge in [0.15, 0.2) is 5.76 Å². The lowest BCUT2D eigenvalue weighted by Crippen LogP contribution is -2.27. The molecule has 5 nitrogen and oxygen atoms in total. The number of hydrogen-bond acceptors (Lipinski definition) is 4. The number of nitrogens with zero attached hydrogens (tertiary/aromatic N) is 1. The predicted octanol–water partition coefficient (Wildman–Crippen LogP) is 4.90. The summed E-state index contributed by atoms with van der Waals surface area (Å²) in [7, 11) is 0. The summed E-state index contributed by atoms with van der Waals surface area (Å²) < 4.78 is 11.8. The van der Waals surface area contributed by atoms with Gasteiger partial charge in [0.1, 0.15) is 17.9 Å². The van der Waals surface area contributed by atoms with E-state index in [9.17, 15) is 4.79 Å². The van der Waals surface area contributed by atoms with E-state index >= 15 is 0 Å². The first-order chi connectivity index (χ1) is 13.7. The highest BCUT2D eigenvalue weighted by atomic mass is 16.5. The van der Waals surface area contributed by atoms with Crippen LogP contribution in [0.4, 0.5) is 0 Å². The predicted molar refractivity (Wildman–Crippen MR) is 107 cm³/mol. The second-order valence-corrected chi connectivity index (χ2v) is 6.49. The molecule has 0 saturated heterocycles. The number of rotatable bonds is 6. The van der Waals surface area contributed by atoms with Gasteiger partial charge >= 0.3 is 0 Å². The molecule has 0 radical (unpaired) electrons. The van der Waals surface area contributed by atoms with Gasteiger partial charge in [0.25, 0.3) is 5.91 Å². The molecule has 4 rings (SSSR count). The first-order valence-electron chi connectivity index (χ1n) is 9.11. The number of carbonyl (C=O) groups excluding carboxylic acids is 1. The Hall–Kier alpha value is -3.60. The highest BCUT2D eigenvalue weighted by Crippen LogP contribution is 2.28.